The van der Waals surface area contributed by atoms with Crippen LogP contribution >= 0.6 is 0 Å². The van der Waals surface area contributed by atoms with E-state index in [1.54, 1.807) is 0 Å². The molecular formula is C13H13NO5. The number of ketones is 3. The van der Waals surface area contributed by atoms with E-state index in [1.807, 2.05) is 0 Å². The Morgan fingerprint density at radius 2 is 1.79 bits per heavy atom. The lowest BCUT2D eigenvalue weighted by molar-refractivity contribution is -0.384. The first-order chi connectivity index (χ1) is 8.82. The lowest BCUT2D eigenvalue weighted by Crippen LogP contribution is -2.23. The molecule has 0 N–H and O–H groups in total. The van der Waals surface area contributed by atoms with Gasteiger partial charge in [-0.25, -0.2) is 0 Å². The largest absolute Gasteiger partial charge is 0.299 e. The van der Waals surface area contributed by atoms with Gasteiger partial charge in [-0.3, -0.25) is 24.5 Å². The van der Waals surface area contributed by atoms with Gasteiger partial charge in [-0.1, -0.05) is 12.1 Å². The van der Waals surface area contributed by atoms with Crippen LogP contribution in [-0.4, -0.2) is 22.3 Å². The van der Waals surface area contributed by atoms with Crippen LogP contribution in [-0.2, 0) is 9.59 Å². The topological polar surface area (TPSA) is 94.3 Å². The van der Waals surface area contributed by atoms with Crippen LogP contribution in [0.4, 0.5) is 5.69 Å². The van der Waals surface area contributed by atoms with E-state index in [4.69, 9.17) is 0 Å². The summed E-state index contributed by atoms with van der Waals surface area (Å²) in [5.41, 5.74) is -0.0743. The molecule has 0 aromatic heterocycles. The van der Waals surface area contributed by atoms with E-state index in [0.717, 1.165) is 6.07 Å². The summed E-state index contributed by atoms with van der Waals surface area (Å²) < 4.78 is 0. The molecule has 1 rings (SSSR count). The van der Waals surface area contributed by atoms with Gasteiger partial charge in [0.05, 0.1) is 10.8 Å². The van der Waals surface area contributed by atoms with Crippen LogP contribution in [0.5, 0.6) is 0 Å². The number of carbonyl (C=O) groups is 3. The Balaban J connectivity index is 2.94. The lowest BCUT2D eigenvalue weighted by atomic mass is 9.92. The first-order valence-corrected chi connectivity index (χ1v) is 5.61. The molecule has 100 valence electrons. The van der Waals surface area contributed by atoms with E-state index < -0.39 is 16.6 Å². The van der Waals surface area contributed by atoms with Gasteiger partial charge in [-0.15, -0.1) is 0 Å². The highest BCUT2D eigenvalue weighted by molar-refractivity contribution is 6.07. The second kappa shape index (κ2) is 5.99. The van der Waals surface area contributed by atoms with E-state index in [0.29, 0.717) is 0 Å². The van der Waals surface area contributed by atoms with Crippen LogP contribution in [0, 0.1) is 16.0 Å². The molecule has 0 bridgehead atoms. The van der Waals surface area contributed by atoms with Gasteiger partial charge in [0, 0.05) is 24.1 Å². The van der Waals surface area contributed by atoms with Crippen molar-refractivity contribution in [3.63, 3.8) is 0 Å². The van der Waals surface area contributed by atoms with Gasteiger partial charge >= 0.3 is 0 Å². The Labute approximate surface area is 109 Å². The van der Waals surface area contributed by atoms with Crippen molar-refractivity contribution in [1.29, 1.82) is 0 Å². The summed E-state index contributed by atoms with van der Waals surface area (Å²) >= 11 is 0. The van der Waals surface area contributed by atoms with Crippen LogP contribution < -0.4 is 0 Å². The average Bonchev–Trinajstić information content (AvgIpc) is 2.34. The zero-order valence-electron chi connectivity index (χ0n) is 10.6. The molecule has 0 atom stereocenters. The highest BCUT2D eigenvalue weighted by Gasteiger charge is 2.24. The average molecular weight is 263 g/mol. The fourth-order valence-corrected chi connectivity index (χ4v) is 1.67. The number of Topliss-reactive ketones (excluding diaryl/α,β-unsaturated/α-hetero) is 3. The molecule has 0 unspecified atom stereocenters. The third-order valence-electron chi connectivity index (χ3n) is 2.75. The normalized spacial score (nSPS) is 10.3. The number of non-ortho nitro benzene ring substituents is 1. The van der Waals surface area contributed by atoms with Crippen molar-refractivity contribution in [3.8, 4) is 0 Å². The van der Waals surface area contributed by atoms with E-state index >= 15 is 0 Å². The predicted molar refractivity (Wildman–Crippen MR) is 66.9 cm³/mol. The van der Waals surface area contributed by atoms with Crippen LogP contribution in [0.15, 0.2) is 24.3 Å². The molecule has 0 saturated carbocycles. The molecule has 6 heteroatoms. The number of hydrogen-bond acceptors (Lipinski definition) is 5. The maximum Gasteiger partial charge on any atom is 0.270 e. The van der Waals surface area contributed by atoms with Gasteiger partial charge in [0.2, 0.25) is 0 Å². The Morgan fingerprint density at radius 1 is 1.21 bits per heavy atom. The second-order valence-corrected chi connectivity index (χ2v) is 4.21. The van der Waals surface area contributed by atoms with Crippen molar-refractivity contribution in [1.82, 2.24) is 0 Å². The van der Waals surface area contributed by atoms with E-state index in [9.17, 15) is 24.5 Å². The molecule has 1 aromatic rings. The summed E-state index contributed by atoms with van der Waals surface area (Å²) in [6.07, 6.45) is -0.258. The van der Waals surface area contributed by atoms with E-state index in [-0.39, 0.29) is 29.2 Å². The number of nitro benzene ring substituents is 1. The van der Waals surface area contributed by atoms with Crippen molar-refractivity contribution in [3.05, 3.63) is 39.9 Å². The van der Waals surface area contributed by atoms with Crippen molar-refractivity contribution in [2.24, 2.45) is 5.92 Å². The van der Waals surface area contributed by atoms with Crippen molar-refractivity contribution in [2.45, 2.75) is 20.3 Å². The Bertz CT molecular complexity index is 536. The summed E-state index contributed by atoms with van der Waals surface area (Å²) in [5.74, 6) is -2.21. The van der Waals surface area contributed by atoms with E-state index in [1.165, 1.54) is 32.0 Å². The highest BCUT2D eigenvalue weighted by Crippen LogP contribution is 2.17. The van der Waals surface area contributed by atoms with Gasteiger partial charge in [0.25, 0.3) is 5.69 Å². The molecule has 0 radical (unpaired) electrons. The molecule has 6 nitrogen and oxygen atoms in total. The number of nitro groups is 1. The smallest absolute Gasteiger partial charge is 0.270 e. The Kier molecular flexibility index (Phi) is 4.63. The standard InChI is InChI=1S/C13H13NO5/c1-8(15)12(9(2)16)7-13(17)10-4-3-5-11(6-10)14(18)19/h3-6,12H,7H2,1-2H3. The minimum Gasteiger partial charge on any atom is -0.299 e. The molecule has 0 fully saturated rings. The maximum absolute atomic E-state index is 11.9. The molecule has 0 spiro atoms. The predicted octanol–water partition coefficient (Wildman–Crippen LogP) is 1.96. The molecule has 0 amide bonds. The first kappa shape index (κ1) is 14.7. The Morgan fingerprint density at radius 3 is 2.26 bits per heavy atom. The van der Waals surface area contributed by atoms with Gasteiger partial charge in [-0.05, 0) is 13.8 Å². The highest BCUT2D eigenvalue weighted by atomic mass is 16.6. The minimum absolute atomic E-state index is 0.127. The van der Waals surface area contributed by atoms with Gasteiger partial charge in [-0.2, -0.15) is 0 Å². The number of hydrogen-bond donors (Lipinski definition) is 0. The van der Waals surface area contributed by atoms with Crippen LogP contribution in [0.25, 0.3) is 0 Å². The molecular weight excluding hydrogens is 250 g/mol. The second-order valence-electron chi connectivity index (χ2n) is 4.21. The quantitative estimate of drug-likeness (QED) is 0.338. The third-order valence-corrected chi connectivity index (χ3v) is 2.75. The van der Waals surface area contributed by atoms with Crippen molar-refractivity contribution >= 4 is 23.0 Å². The summed E-state index contributed by atoms with van der Waals surface area (Å²) in [5, 5.41) is 10.6. The summed E-state index contributed by atoms with van der Waals surface area (Å²) in [6, 6.07) is 5.22. The number of nitrogens with zero attached hydrogens (tertiary/aromatic N) is 1. The zero-order valence-corrected chi connectivity index (χ0v) is 10.6. The molecule has 0 heterocycles. The maximum atomic E-state index is 11.9. The molecule has 0 aliphatic carbocycles. The van der Waals surface area contributed by atoms with Crippen molar-refractivity contribution in [2.75, 3.05) is 0 Å². The summed E-state index contributed by atoms with van der Waals surface area (Å²) in [6.45, 7) is 2.49. The monoisotopic (exact) mass is 263 g/mol. The van der Waals surface area contributed by atoms with Gasteiger partial charge in [0.1, 0.15) is 11.6 Å². The number of benzene rings is 1. The summed E-state index contributed by atoms with van der Waals surface area (Å²) in [7, 11) is 0. The molecule has 0 aliphatic rings. The zero-order chi connectivity index (χ0) is 14.6. The number of rotatable bonds is 6. The minimum atomic E-state index is -0.980. The van der Waals surface area contributed by atoms with E-state index in [2.05, 4.69) is 0 Å². The Hall–Kier alpha value is -2.37. The number of carbonyl (C=O) groups excluding carboxylic acids is 3. The SMILES string of the molecule is CC(=O)C(CC(=O)c1cccc([N+](=O)[O-])c1)C(C)=O. The molecule has 19 heavy (non-hydrogen) atoms. The van der Waals surface area contributed by atoms with Gasteiger partial charge < -0.3 is 0 Å². The van der Waals surface area contributed by atoms with Gasteiger partial charge in [0.15, 0.2) is 5.78 Å². The summed E-state index contributed by atoms with van der Waals surface area (Å²) in [4.78, 5) is 44.4. The fraction of sp³-hybridized carbons (Fsp3) is 0.308. The van der Waals surface area contributed by atoms with Crippen LogP contribution in [0.1, 0.15) is 30.6 Å². The van der Waals surface area contributed by atoms with Crippen molar-refractivity contribution < 1.29 is 19.3 Å². The lowest BCUT2D eigenvalue weighted by Gasteiger charge is -2.08. The first-order valence-electron chi connectivity index (χ1n) is 5.61. The van der Waals surface area contributed by atoms with Crippen LogP contribution in [0.2, 0.25) is 0 Å². The molecule has 0 aliphatic heterocycles. The molecule has 0 saturated heterocycles. The van der Waals surface area contributed by atoms with Crippen LogP contribution in [0.3, 0.4) is 0 Å². The third kappa shape index (κ3) is 3.80. The fourth-order valence-electron chi connectivity index (χ4n) is 1.67. The molecule has 1 aromatic carbocycles.